The van der Waals surface area contributed by atoms with Gasteiger partial charge in [0.05, 0.1) is 11.8 Å². The molecule has 0 aliphatic carbocycles. The van der Waals surface area contributed by atoms with E-state index in [0.29, 0.717) is 32.5 Å². The van der Waals surface area contributed by atoms with Crippen LogP contribution in [0, 0.1) is 5.92 Å². The third-order valence-corrected chi connectivity index (χ3v) is 4.56. The maximum absolute atomic E-state index is 13.4. The fraction of sp³-hybridized carbons (Fsp3) is 0.556. The number of nitrogens with two attached hydrogens (primary N) is 1. The van der Waals surface area contributed by atoms with Gasteiger partial charge in [-0.2, -0.15) is 13.2 Å². The minimum absolute atomic E-state index is 0. The summed E-state index contributed by atoms with van der Waals surface area (Å²) in [5.41, 5.74) is 5.42. The van der Waals surface area contributed by atoms with Crippen molar-refractivity contribution in [1.82, 2.24) is 10.2 Å². The Morgan fingerprint density at radius 1 is 1.26 bits per heavy atom. The van der Waals surface area contributed by atoms with Crippen LogP contribution in [0.25, 0.3) is 0 Å². The van der Waals surface area contributed by atoms with Gasteiger partial charge < -0.3 is 16.0 Å². The van der Waals surface area contributed by atoms with Gasteiger partial charge in [-0.25, -0.2) is 0 Å². The molecule has 0 radical (unpaired) electrons. The summed E-state index contributed by atoms with van der Waals surface area (Å²) in [4.78, 5) is 25.9. The molecule has 0 bridgehead atoms. The van der Waals surface area contributed by atoms with Crippen LogP contribution in [-0.4, -0.2) is 49.1 Å². The number of carbonyl (C=O) groups is 2. The predicted octanol–water partition coefficient (Wildman–Crippen LogP) is 2.46. The van der Waals surface area contributed by atoms with Gasteiger partial charge in [-0.3, -0.25) is 9.59 Å². The fourth-order valence-electron chi connectivity index (χ4n) is 3.17. The Hall–Kier alpha value is -1.80. The smallest absolute Gasteiger partial charge is 0.355 e. The molecule has 27 heavy (non-hydrogen) atoms. The largest absolute Gasteiger partial charge is 0.396 e. The Balaban J connectivity index is 0.00000364. The minimum Gasteiger partial charge on any atom is -0.355 e. The molecular formula is C18H25ClF3N3O2. The van der Waals surface area contributed by atoms with Crippen molar-refractivity contribution in [2.45, 2.75) is 31.4 Å². The molecule has 1 aromatic carbocycles. The lowest BCUT2D eigenvalue weighted by molar-refractivity contribution is -0.161. The molecule has 1 fully saturated rings. The highest BCUT2D eigenvalue weighted by Crippen LogP contribution is 2.38. The van der Waals surface area contributed by atoms with Gasteiger partial charge in [-0.1, -0.05) is 30.3 Å². The quantitative estimate of drug-likeness (QED) is 0.760. The number of nitrogens with zero attached hydrogens (tertiary/aromatic N) is 1. The van der Waals surface area contributed by atoms with Crippen molar-refractivity contribution in [3.8, 4) is 0 Å². The summed E-state index contributed by atoms with van der Waals surface area (Å²) in [6.07, 6.45) is -3.95. The number of nitrogens with one attached hydrogen (secondary N) is 1. The lowest BCUT2D eigenvalue weighted by Crippen LogP contribution is -2.46. The molecule has 0 spiro atoms. The van der Waals surface area contributed by atoms with E-state index in [1.165, 1.54) is 29.2 Å². The summed E-state index contributed by atoms with van der Waals surface area (Å²) in [6.45, 7) is 1.17. The second kappa shape index (κ2) is 10.5. The Labute approximate surface area is 162 Å². The Morgan fingerprint density at radius 3 is 2.52 bits per heavy atom. The zero-order chi connectivity index (χ0) is 19.2. The van der Waals surface area contributed by atoms with E-state index < -0.39 is 30.3 Å². The zero-order valence-electron chi connectivity index (χ0n) is 14.9. The van der Waals surface area contributed by atoms with Crippen molar-refractivity contribution in [2.24, 2.45) is 11.7 Å². The van der Waals surface area contributed by atoms with Crippen LogP contribution < -0.4 is 11.1 Å². The highest BCUT2D eigenvalue weighted by Gasteiger charge is 2.43. The van der Waals surface area contributed by atoms with E-state index in [4.69, 9.17) is 5.73 Å². The SMILES string of the molecule is Cl.NCCNC(=O)C1CCCN(C(=O)CC(c2ccccc2)C(F)(F)F)C1. The number of likely N-dealkylation sites (tertiary alicyclic amines) is 1. The molecule has 0 aromatic heterocycles. The molecule has 2 amide bonds. The molecule has 2 atom stereocenters. The van der Waals surface area contributed by atoms with Crippen molar-refractivity contribution in [3.05, 3.63) is 35.9 Å². The van der Waals surface area contributed by atoms with E-state index in [0.717, 1.165) is 0 Å². The number of piperidine rings is 1. The first-order valence-corrected chi connectivity index (χ1v) is 8.70. The number of carbonyl (C=O) groups excluding carboxylic acids is 2. The van der Waals surface area contributed by atoms with Crippen molar-refractivity contribution in [3.63, 3.8) is 0 Å². The zero-order valence-corrected chi connectivity index (χ0v) is 15.7. The van der Waals surface area contributed by atoms with Crippen molar-refractivity contribution in [2.75, 3.05) is 26.2 Å². The van der Waals surface area contributed by atoms with Gasteiger partial charge in [-0.15, -0.1) is 12.4 Å². The minimum atomic E-state index is -4.51. The van der Waals surface area contributed by atoms with Gasteiger partial charge >= 0.3 is 6.18 Å². The maximum atomic E-state index is 13.4. The second-order valence-corrected chi connectivity index (χ2v) is 6.47. The number of rotatable bonds is 6. The topological polar surface area (TPSA) is 75.4 Å². The van der Waals surface area contributed by atoms with Gasteiger partial charge in [0, 0.05) is 32.6 Å². The van der Waals surface area contributed by atoms with E-state index in [-0.39, 0.29) is 30.4 Å². The molecular weight excluding hydrogens is 383 g/mol. The molecule has 1 heterocycles. The first kappa shape index (κ1) is 23.2. The summed E-state index contributed by atoms with van der Waals surface area (Å²) < 4.78 is 40.3. The third-order valence-electron chi connectivity index (χ3n) is 4.56. The van der Waals surface area contributed by atoms with Crippen molar-refractivity contribution in [1.29, 1.82) is 0 Å². The van der Waals surface area contributed by atoms with Gasteiger partial charge in [0.25, 0.3) is 0 Å². The molecule has 3 N–H and O–H groups in total. The molecule has 1 aromatic rings. The van der Waals surface area contributed by atoms with E-state index in [9.17, 15) is 22.8 Å². The Bertz CT molecular complexity index is 614. The van der Waals surface area contributed by atoms with E-state index in [1.54, 1.807) is 6.07 Å². The molecule has 0 saturated carbocycles. The molecule has 2 rings (SSSR count). The number of hydrogen-bond acceptors (Lipinski definition) is 3. The van der Waals surface area contributed by atoms with E-state index in [2.05, 4.69) is 5.32 Å². The lowest BCUT2D eigenvalue weighted by atomic mass is 9.92. The predicted molar refractivity (Wildman–Crippen MR) is 98.5 cm³/mol. The molecule has 1 aliphatic heterocycles. The molecule has 2 unspecified atom stereocenters. The monoisotopic (exact) mass is 407 g/mol. The number of alkyl halides is 3. The maximum Gasteiger partial charge on any atom is 0.396 e. The molecule has 152 valence electrons. The normalized spacial score (nSPS) is 18.4. The molecule has 5 nitrogen and oxygen atoms in total. The number of halogens is 4. The molecule has 1 aliphatic rings. The molecule has 1 saturated heterocycles. The first-order valence-electron chi connectivity index (χ1n) is 8.70. The van der Waals surface area contributed by atoms with Crippen LogP contribution >= 0.6 is 12.4 Å². The summed E-state index contributed by atoms with van der Waals surface area (Å²) in [7, 11) is 0. The van der Waals surface area contributed by atoms with Gasteiger partial charge in [0.1, 0.15) is 0 Å². The highest BCUT2D eigenvalue weighted by atomic mass is 35.5. The van der Waals surface area contributed by atoms with Crippen LogP contribution in [-0.2, 0) is 9.59 Å². The van der Waals surface area contributed by atoms with E-state index >= 15 is 0 Å². The van der Waals surface area contributed by atoms with Gasteiger partial charge in [-0.05, 0) is 18.4 Å². The average molecular weight is 408 g/mol. The van der Waals surface area contributed by atoms with Crippen molar-refractivity contribution >= 4 is 24.2 Å². The third kappa shape index (κ3) is 6.70. The van der Waals surface area contributed by atoms with Crippen LogP contribution in [0.1, 0.15) is 30.7 Å². The van der Waals surface area contributed by atoms with Crippen LogP contribution in [0.4, 0.5) is 13.2 Å². The second-order valence-electron chi connectivity index (χ2n) is 6.47. The van der Waals surface area contributed by atoms with Crippen LogP contribution in [0.2, 0.25) is 0 Å². The summed E-state index contributed by atoms with van der Waals surface area (Å²) in [5, 5.41) is 2.67. The summed E-state index contributed by atoms with van der Waals surface area (Å²) in [6, 6.07) is 7.44. The lowest BCUT2D eigenvalue weighted by Gasteiger charge is -2.33. The summed E-state index contributed by atoms with van der Waals surface area (Å²) in [5.74, 6) is -3.03. The highest BCUT2D eigenvalue weighted by molar-refractivity contribution is 5.85. The van der Waals surface area contributed by atoms with Crippen LogP contribution in [0.3, 0.4) is 0 Å². The van der Waals surface area contributed by atoms with Crippen molar-refractivity contribution < 1.29 is 22.8 Å². The Kier molecular flexibility index (Phi) is 9.05. The van der Waals surface area contributed by atoms with Gasteiger partial charge in [0.15, 0.2) is 0 Å². The van der Waals surface area contributed by atoms with Crippen LogP contribution in [0.15, 0.2) is 30.3 Å². The average Bonchev–Trinajstić information content (AvgIpc) is 2.63. The summed E-state index contributed by atoms with van der Waals surface area (Å²) >= 11 is 0. The first-order chi connectivity index (χ1) is 12.3. The fourth-order valence-corrected chi connectivity index (χ4v) is 3.17. The molecule has 9 heteroatoms. The number of hydrogen-bond donors (Lipinski definition) is 2. The number of amides is 2. The van der Waals surface area contributed by atoms with Gasteiger partial charge in [0.2, 0.25) is 11.8 Å². The van der Waals surface area contributed by atoms with Crippen LogP contribution in [0.5, 0.6) is 0 Å². The Morgan fingerprint density at radius 2 is 1.93 bits per heavy atom. The standard InChI is InChI=1S/C18H24F3N3O2.ClH/c19-18(20,21)15(13-5-2-1-3-6-13)11-16(25)24-10-4-7-14(12-24)17(26)23-9-8-22;/h1-3,5-6,14-15H,4,7-12,22H2,(H,23,26);1H. The van der Waals surface area contributed by atoms with E-state index in [1.807, 2.05) is 0 Å². The number of benzene rings is 1.